The number of ether oxygens (including phenoxy) is 1. The zero-order valence-corrected chi connectivity index (χ0v) is 30.5. The summed E-state index contributed by atoms with van der Waals surface area (Å²) < 4.78 is 36.3. The first-order chi connectivity index (χ1) is 22.7. The van der Waals surface area contributed by atoms with Crippen LogP contribution >= 0.6 is 0 Å². The highest BCUT2D eigenvalue weighted by molar-refractivity contribution is 7.87. The van der Waals surface area contributed by atoms with E-state index in [9.17, 15) is 18.0 Å². The molecule has 3 atom stereocenters. The number of rotatable bonds is 11. The smallest absolute Gasteiger partial charge is 0.303 e. The van der Waals surface area contributed by atoms with Crippen molar-refractivity contribution in [2.45, 2.75) is 63.5 Å². The first-order valence-corrected chi connectivity index (χ1v) is 18.4. The van der Waals surface area contributed by atoms with Crippen molar-refractivity contribution < 1.29 is 22.7 Å². The van der Waals surface area contributed by atoms with Gasteiger partial charge in [-0.3, -0.25) is 9.59 Å². The first kappa shape index (κ1) is 35.8. The standard InChI is InChI=1S/C36H52N6O5S/c1-23(21-39(2)3)37-20-30-29-19-26(47-8)15-17-27(29)34-33(24-12-10-9-11-13-24)28-16-14-25(35(43)38-48(45,46)41(6)7)18-32(28)42(34)22-31(30)36(44)40(4)5/h14-19,23-24,30-31,37H,9-13,20-22H2,1-8H3,(H,38,43)/t23-,30-,31?/m0/s1. The number of nitrogens with zero attached hydrogens (tertiary/aromatic N) is 4. The molecule has 0 spiro atoms. The van der Waals surface area contributed by atoms with Crippen LogP contribution in [0, 0.1) is 5.92 Å². The molecular weight excluding hydrogens is 629 g/mol. The van der Waals surface area contributed by atoms with Gasteiger partial charge in [-0.1, -0.05) is 25.3 Å². The Hall–Kier alpha value is -3.45. The minimum absolute atomic E-state index is 0.0238. The molecular formula is C36H52N6O5S. The number of carbonyl (C=O) groups excluding carboxylic acids is 2. The second kappa shape index (κ2) is 14.6. The molecule has 2 heterocycles. The molecule has 262 valence electrons. The molecule has 0 bridgehead atoms. The Morgan fingerprint density at radius 2 is 1.71 bits per heavy atom. The molecule has 1 aliphatic carbocycles. The van der Waals surface area contributed by atoms with E-state index < -0.39 is 22.0 Å². The molecule has 48 heavy (non-hydrogen) atoms. The average Bonchev–Trinajstić information content (AvgIpc) is 3.28. The van der Waals surface area contributed by atoms with Crippen LogP contribution in [0.25, 0.3) is 22.2 Å². The molecule has 1 saturated carbocycles. The number of nitrogens with one attached hydrogen (secondary N) is 2. The highest BCUT2D eigenvalue weighted by atomic mass is 32.2. The van der Waals surface area contributed by atoms with E-state index in [0.29, 0.717) is 19.0 Å². The summed E-state index contributed by atoms with van der Waals surface area (Å²) in [5, 5.41) is 4.77. The van der Waals surface area contributed by atoms with Crippen molar-refractivity contribution in [3.63, 3.8) is 0 Å². The monoisotopic (exact) mass is 680 g/mol. The molecule has 11 nitrogen and oxygen atoms in total. The number of amides is 2. The van der Waals surface area contributed by atoms with Crippen molar-refractivity contribution in [2.75, 3.05) is 62.5 Å². The summed E-state index contributed by atoms with van der Waals surface area (Å²) in [5.41, 5.74) is 5.52. The third kappa shape index (κ3) is 7.27. The van der Waals surface area contributed by atoms with Gasteiger partial charge < -0.3 is 24.4 Å². The van der Waals surface area contributed by atoms with Crippen molar-refractivity contribution in [3.8, 4) is 17.0 Å². The fraction of sp³-hybridized carbons (Fsp3) is 0.556. The molecule has 1 fully saturated rings. The van der Waals surface area contributed by atoms with Crippen LogP contribution in [-0.2, 0) is 21.5 Å². The Labute approximate surface area is 285 Å². The third-order valence-corrected chi connectivity index (χ3v) is 11.3. The Kier molecular flexibility index (Phi) is 10.9. The zero-order valence-electron chi connectivity index (χ0n) is 29.7. The van der Waals surface area contributed by atoms with Gasteiger partial charge in [0.05, 0.1) is 18.7 Å². The molecule has 0 saturated heterocycles. The number of aromatic nitrogens is 1. The van der Waals surface area contributed by atoms with Crippen molar-refractivity contribution >= 4 is 32.9 Å². The predicted octanol–water partition coefficient (Wildman–Crippen LogP) is 4.24. The molecule has 0 radical (unpaired) electrons. The lowest BCUT2D eigenvalue weighted by Crippen LogP contribution is -2.42. The molecule has 1 aliphatic heterocycles. The van der Waals surface area contributed by atoms with Gasteiger partial charge in [-0.25, -0.2) is 4.72 Å². The Bertz CT molecular complexity index is 1760. The van der Waals surface area contributed by atoms with Gasteiger partial charge in [0.25, 0.3) is 5.91 Å². The largest absolute Gasteiger partial charge is 0.497 e. The molecule has 5 rings (SSSR count). The minimum atomic E-state index is -3.98. The van der Waals surface area contributed by atoms with Gasteiger partial charge in [-0.15, -0.1) is 0 Å². The minimum Gasteiger partial charge on any atom is -0.497 e. The van der Waals surface area contributed by atoms with E-state index in [1.807, 2.05) is 12.1 Å². The molecule has 12 heteroatoms. The lowest BCUT2D eigenvalue weighted by atomic mass is 9.79. The summed E-state index contributed by atoms with van der Waals surface area (Å²) in [4.78, 5) is 31.4. The third-order valence-electron chi connectivity index (χ3n) is 9.94. The van der Waals surface area contributed by atoms with Gasteiger partial charge in [-0.05, 0) is 81.2 Å². The van der Waals surface area contributed by atoms with Gasteiger partial charge in [0.1, 0.15) is 5.75 Å². The molecule has 3 aromatic rings. The molecule has 2 aromatic carbocycles. The SMILES string of the molecule is COc1ccc2c(c1)[C@H](CN[C@@H](C)CN(C)C)C(C(=O)N(C)C)Cn1c-2c(C2CCCCC2)c2ccc(C(=O)NS(=O)(=O)N(C)C)cc21. The first-order valence-electron chi connectivity index (χ1n) is 16.9. The average molecular weight is 681 g/mol. The van der Waals surface area contributed by atoms with Crippen molar-refractivity contribution in [3.05, 3.63) is 53.1 Å². The van der Waals surface area contributed by atoms with Gasteiger partial charge >= 0.3 is 10.2 Å². The Morgan fingerprint density at radius 3 is 2.33 bits per heavy atom. The second-order valence-corrected chi connectivity index (χ2v) is 16.0. The topological polar surface area (TPSA) is 116 Å². The Balaban J connectivity index is 1.76. The predicted molar refractivity (Wildman–Crippen MR) is 191 cm³/mol. The van der Waals surface area contributed by atoms with Crippen molar-refractivity contribution in [1.29, 1.82) is 0 Å². The second-order valence-electron chi connectivity index (χ2n) is 14.1. The van der Waals surface area contributed by atoms with Crippen LogP contribution in [0.4, 0.5) is 0 Å². The van der Waals surface area contributed by atoms with E-state index in [1.165, 1.54) is 26.1 Å². The zero-order chi connectivity index (χ0) is 34.9. The van der Waals surface area contributed by atoms with Crippen LogP contribution < -0.4 is 14.8 Å². The Morgan fingerprint density at radius 1 is 1.00 bits per heavy atom. The maximum Gasteiger partial charge on any atom is 0.303 e. The van der Waals surface area contributed by atoms with Crippen LogP contribution in [0.3, 0.4) is 0 Å². The van der Waals surface area contributed by atoms with E-state index in [2.05, 4.69) is 52.7 Å². The number of likely N-dealkylation sites (N-methyl/N-ethyl adjacent to an activating group) is 1. The molecule has 2 aliphatic rings. The van der Waals surface area contributed by atoms with E-state index in [-0.39, 0.29) is 23.4 Å². The van der Waals surface area contributed by atoms with Gasteiger partial charge in [0.2, 0.25) is 5.91 Å². The normalized spacial score (nSPS) is 19.1. The highest BCUT2D eigenvalue weighted by Crippen LogP contribution is 2.49. The molecule has 1 aromatic heterocycles. The summed E-state index contributed by atoms with van der Waals surface area (Å²) in [5.74, 6) is -0.208. The summed E-state index contributed by atoms with van der Waals surface area (Å²) in [6.45, 7) is 4.01. The van der Waals surface area contributed by atoms with Crippen LogP contribution in [-0.4, -0.2) is 107 Å². The maximum atomic E-state index is 14.2. The fourth-order valence-electron chi connectivity index (χ4n) is 7.57. The highest BCUT2D eigenvalue weighted by Gasteiger charge is 2.39. The van der Waals surface area contributed by atoms with E-state index in [4.69, 9.17) is 4.74 Å². The lowest BCUT2D eigenvalue weighted by Gasteiger charge is -2.30. The quantitative estimate of drug-likeness (QED) is 0.311. The summed E-state index contributed by atoms with van der Waals surface area (Å²) in [6.07, 6.45) is 5.63. The van der Waals surface area contributed by atoms with Gasteiger partial charge in [0.15, 0.2) is 0 Å². The van der Waals surface area contributed by atoms with Crippen molar-refractivity contribution in [2.24, 2.45) is 5.92 Å². The summed E-state index contributed by atoms with van der Waals surface area (Å²) >= 11 is 0. The van der Waals surface area contributed by atoms with Crippen molar-refractivity contribution in [1.82, 2.24) is 28.7 Å². The van der Waals surface area contributed by atoms with Gasteiger partial charge in [0, 0.05) is 81.8 Å². The molecule has 1 unspecified atom stereocenters. The summed E-state index contributed by atoms with van der Waals surface area (Å²) in [7, 11) is 8.15. The fourth-order valence-corrected chi connectivity index (χ4v) is 8.11. The summed E-state index contributed by atoms with van der Waals surface area (Å²) in [6, 6.07) is 11.9. The molecule has 2 N–H and O–H groups in total. The number of hydrogen-bond donors (Lipinski definition) is 2. The molecule has 2 amide bonds. The number of methoxy groups -OCH3 is 1. The number of benzene rings is 2. The number of hydrogen-bond acceptors (Lipinski definition) is 7. The maximum absolute atomic E-state index is 14.2. The van der Waals surface area contributed by atoms with Crippen LogP contribution in [0.5, 0.6) is 5.75 Å². The van der Waals surface area contributed by atoms with Crippen LogP contribution in [0.2, 0.25) is 0 Å². The van der Waals surface area contributed by atoms with E-state index in [1.54, 1.807) is 38.2 Å². The van der Waals surface area contributed by atoms with Gasteiger partial charge in [-0.2, -0.15) is 12.7 Å². The van der Waals surface area contributed by atoms with E-state index in [0.717, 1.165) is 70.0 Å². The number of carbonyl (C=O) groups is 2. The lowest BCUT2D eigenvalue weighted by molar-refractivity contribution is -0.134. The van der Waals surface area contributed by atoms with Crippen LogP contribution in [0.1, 0.15) is 72.3 Å². The van der Waals surface area contributed by atoms with E-state index >= 15 is 0 Å². The number of fused-ring (bicyclic) bond motifs is 5. The van der Waals surface area contributed by atoms with Crippen LogP contribution in [0.15, 0.2) is 36.4 Å².